The van der Waals surface area contributed by atoms with Crippen LogP contribution in [0.1, 0.15) is 56.4 Å². The summed E-state index contributed by atoms with van der Waals surface area (Å²) in [6, 6.07) is 12.7. The molecule has 8 nitrogen and oxygen atoms in total. The molecule has 1 N–H and O–H groups in total. The predicted molar refractivity (Wildman–Crippen MR) is 128 cm³/mol. The molecule has 8 heteroatoms. The van der Waals surface area contributed by atoms with Crippen LogP contribution in [-0.4, -0.2) is 39.8 Å². The Kier molecular flexibility index (Phi) is 5.89. The van der Waals surface area contributed by atoms with Crippen molar-refractivity contribution >= 4 is 17.5 Å². The second-order valence-corrected chi connectivity index (χ2v) is 9.20. The summed E-state index contributed by atoms with van der Waals surface area (Å²) in [4.78, 5) is 29.2. The molecular weight excluding hydrogens is 432 g/mol. The molecule has 0 unspecified atom stereocenters. The Morgan fingerprint density at radius 2 is 1.97 bits per heavy atom. The number of aromatic nitrogens is 2. The standard InChI is InChI=1S/C26H30N4O4/c1-3-33-20-13-11-19(12-14-20)30-24(31)22-16-21(23-10-7-15-34-23)28-29(22)17-26(30,2)25(32)27-18-8-5-4-6-9-18/h7,10-16,18H,3-6,8-9,17H2,1-2H3,(H,27,32)/t26-/m1/s1. The molecule has 2 amide bonds. The van der Waals surface area contributed by atoms with E-state index >= 15 is 0 Å². The van der Waals surface area contributed by atoms with Gasteiger partial charge < -0.3 is 14.5 Å². The molecular formula is C26H30N4O4. The van der Waals surface area contributed by atoms with E-state index in [1.165, 1.54) is 6.42 Å². The van der Waals surface area contributed by atoms with Gasteiger partial charge in [0, 0.05) is 17.8 Å². The van der Waals surface area contributed by atoms with Crippen LogP contribution in [0, 0.1) is 0 Å². The molecule has 178 valence electrons. The summed E-state index contributed by atoms with van der Waals surface area (Å²) in [5.41, 5.74) is 0.475. The number of fused-ring (bicyclic) bond motifs is 1. The number of hydrogen-bond acceptors (Lipinski definition) is 5. The van der Waals surface area contributed by atoms with Gasteiger partial charge in [-0.25, -0.2) is 0 Å². The first-order valence-electron chi connectivity index (χ1n) is 12.0. The molecule has 34 heavy (non-hydrogen) atoms. The van der Waals surface area contributed by atoms with E-state index in [4.69, 9.17) is 9.15 Å². The van der Waals surface area contributed by atoms with E-state index in [9.17, 15) is 9.59 Å². The van der Waals surface area contributed by atoms with E-state index < -0.39 is 5.54 Å². The summed E-state index contributed by atoms with van der Waals surface area (Å²) in [6.07, 6.45) is 6.93. The van der Waals surface area contributed by atoms with Crippen LogP contribution in [0.5, 0.6) is 5.75 Å². The number of carbonyl (C=O) groups excluding carboxylic acids is 2. The average molecular weight is 463 g/mol. The maximum atomic E-state index is 13.8. The van der Waals surface area contributed by atoms with Crippen LogP contribution in [0.4, 0.5) is 5.69 Å². The van der Waals surface area contributed by atoms with Gasteiger partial charge in [0.2, 0.25) is 5.91 Å². The van der Waals surface area contributed by atoms with Crippen molar-refractivity contribution in [3.05, 3.63) is 54.4 Å². The van der Waals surface area contributed by atoms with Crippen molar-refractivity contribution in [3.63, 3.8) is 0 Å². The molecule has 1 atom stereocenters. The lowest BCUT2D eigenvalue weighted by Gasteiger charge is -2.44. The van der Waals surface area contributed by atoms with Crippen LogP contribution in [0.25, 0.3) is 11.5 Å². The highest BCUT2D eigenvalue weighted by molar-refractivity contribution is 6.12. The Balaban J connectivity index is 1.53. The second kappa shape index (κ2) is 9.00. The normalized spacial score (nSPS) is 20.8. The van der Waals surface area contributed by atoms with E-state index in [0.29, 0.717) is 35.2 Å². The van der Waals surface area contributed by atoms with Gasteiger partial charge in [0.05, 0.1) is 19.4 Å². The Morgan fingerprint density at radius 1 is 1.21 bits per heavy atom. The second-order valence-electron chi connectivity index (χ2n) is 9.20. The number of nitrogens with one attached hydrogen (secondary N) is 1. The lowest BCUT2D eigenvalue weighted by molar-refractivity contribution is -0.127. The Hall–Kier alpha value is -3.55. The molecule has 1 aliphatic heterocycles. The molecule has 2 aromatic heterocycles. The SMILES string of the molecule is CCOc1ccc(N2C(=O)c3cc(-c4ccco4)nn3C[C@]2(C)C(=O)NC2CCCCC2)cc1. The lowest BCUT2D eigenvalue weighted by atomic mass is 9.91. The van der Waals surface area contributed by atoms with Crippen LogP contribution < -0.4 is 15.0 Å². The number of furan rings is 1. The van der Waals surface area contributed by atoms with Gasteiger partial charge in [0.1, 0.15) is 22.7 Å². The molecule has 1 aromatic carbocycles. The maximum absolute atomic E-state index is 13.8. The van der Waals surface area contributed by atoms with Crippen LogP contribution in [-0.2, 0) is 11.3 Å². The Bertz CT molecular complexity index is 1160. The fourth-order valence-electron chi connectivity index (χ4n) is 4.98. The fraction of sp³-hybridized carbons (Fsp3) is 0.423. The molecule has 2 aliphatic rings. The molecule has 1 saturated carbocycles. The van der Waals surface area contributed by atoms with Gasteiger partial charge in [0.25, 0.3) is 5.91 Å². The first-order valence-corrected chi connectivity index (χ1v) is 12.0. The molecule has 0 spiro atoms. The number of benzene rings is 1. The summed E-state index contributed by atoms with van der Waals surface area (Å²) in [5, 5.41) is 7.84. The number of nitrogens with zero attached hydrogens (tertiary/aromatic N) is 3. The predicted octanol–water partition coefficient (Wildman–Crippen LogP) is 4.41. The zero-order chi connectivity index (χ0) is 23.7. The molecule has 0 radical (unpaired) electrons. The molecule has 5 rings (SSSR count). The summed E-state index contributed by atoms with van der Waals surface area (Å²) in [7, 11) is 0. The van der Waals surface area contributed by atoms with Gasteiger partial charge in [-0.3, -0.25) is 19.2 Å². The van der Waals surface area contributed by atoms with Gasteiger partial charge in [0.15, 0.2) is 5.76 Å². The molecule has 1 aliphatic carbocycles. The van der Waals surface area contributed by atoms with E-state index in [-0.39, 0.29) is 24.4 Å². The van der Waals surface area contributed by atoms with Crippen molar-refractivity contribution < 1.29 is 18.7 Å². The Morgan fingerprint density at radius 3 is 2.65 bits per heavy atom. The van der Waals surface area contributed by atoms with Crippen molar-refractivity contribution in [2.24, 2.45) is 0 Å². The molecule has 0 saturated heterocycles. The van der Waals surface area contributed by atoms with Crippen molar-refractivity contribution in [1.82, 2.24) is 15.1 Å². The van der Waals surface area contributed by atoms with E-state index in [0.717, 1.165) is 25.7 Å². The minimum Gasteiger partial charge on any atom is -0.494 e. The molecule has 1 fully saturated rings. The third kappa shape index (κ3) is 3.97. The van der Waals surface area contributed by atoms with Gasteiger partial charge >= 0.3 is 0 Å². The average Bonchev–Trinajstić information content (AvgIpc) is 3.51. The van der Waals surface area contributed by atoms with Gasteiger partial charge in [-0.15, -0.1) is 0 Å². The van der Waals surface area contributed by atoms with Crippen molar-refractivity contribution in [2.45, 2.75) is 64.1 Å². The van der Waals surface area contributed by atoms with Crippen molar-refractivity contribution in [2.75, 3.05) is 11.5 Å². The van der Waals surface area contributed by atoms with Crippen LogP contribution in [0.2, 0.25) is 0 Å². The topological polar surface area (TPSA) is 89.6 Å². The minimum absolute atomic E-state index is 0.132. The number of amides is 2. The summed E-state index contributed by atoms with van der Waals surface area (Å²) in [6.45, 7) is 4.53. The highest BCUT2D eigenvalue weighted by Crippen LogP contribution is 2.35. The summed E-state index contributed by atoms with van der Waals surface area (Å²) in [5.74, 6) is 0.856. The van der Waals surface area contributed by atoms with Crippen molar-refractivity contribution in [3.8, 4) is 17.2 Å². The third-order valence-corrected chi connectivity index (χ3v) is 6.76. The van der Waals surface area contributed by atoms with Gasteiger partial charge in [-0.1, -0.05) is 19.3 Å². The number of rotatable bonds is 6. The summed E-state index contributed by atoms with van der Waals surface area (Å²) < 4.78 is 12.7. The minimum atomic E-state index is -1.15. The van der Waals surface area contributed by atoms with Gasteiger partial charge in [-0.05, 0) is 63.1 Å². The van der Waals surface area contributed by atoms with Crippen LogP contribution >= 0.6 is 0 Å². The molecule has 0 bridgehead atoms. The maximum Gasteiger partial charge on any atom is 0.277 e. The zero-order valence-electron chi connectivity index (χ0n) is 19.6. The van der Waals surface area contributed by atoms with Crippen LogP contribution in [0.15, 0.2) is 53.1 Å². The zero-order valence-corrected chi connectivity index (χ0v) is 19.6. The van der Waals surface area contributed by atoms with E-state index in [2.05, 4.69) is 10.4 Å². The number of carbonyl (C=O) groups is 2. The highest BCUT2D eigenvalue weighted by atomic mass is 16.5. The smallest absolute Gasteiger partial charge is 0.277 e. The first kappa shape index (κ1) is 22.3. The number of hydrogen-bond donors (Lipinski definition) is 1. The Labute approximate surface area is 198 Å². The van der Waals surface area contributed by atoms with Crippen molar-refractivity contribution in [1.29, 1.82) is 0 Å². The fourth-order valence-corrected chi connectivity index (χ4v) is 4.98. The van der Waals surface area contributed by atoms with E-state index in [1.807, 2.05) is 38.1 Å². The lowest BCUT2D eigenvalue weighted by Crippen LogP contribution is -2.65. The van der Waals surface area contributed by atoms with E-state index in [1.54, 1.807) is 34.0 Å². The highest BCUT2D eigenvalue weighted by Gasteiger charge is 2.49. The monoisotopic (exact) mass is 462 g/mol. The first-order chi connectivity index (χ1) is 16.5. The van der Waals surface area contributed by atoms with Gasteiger partial charge in [-0.2, -0.15) is 5.10 Å². The molecule has 3 heterocycles. The number of anilines is 1. The molecule has 3 aromatic rings. The largest absolute Gasteiger partial charge is 0.494 e. The quantitative estimate of drug-likeness (QED) is 0.586. The number of ether oxygens (including phenoxy) is 1. The van der Waals surface area contributed by atoms with Crippen LogP contribution in [0.3, 0.4) is 0 Å². The third-order valence-electron chi connectivity index (χ3n) is 6.76. The summed E-state index contributed by atoms with van der Waals surface area (Å²) >= 11 is 0.